The second kappa shape index (κ2) is 4.13. The lowest BCUT2D eigenvalue weighted by atomic mass is 9.95. The van der Waals surface area contributed by atoms with Crippen LogP contribution in [-0.2, 0) is 11.8 Å². The van der Waals surface area contributed by atoms with E-state index in [0.717, 1.165) is 18.4 Å². The summed E-state index contributed by atoms with van der Waals surface area (Å²) in [6, 6.07) is 9.08. The van der Waals surface area contributed by atoms with Crippen molar-refractivity contribution in [2.24, 2.45) is 11.8 Å². The molecule has 3 rings (SSSR count). The third-order valence-electron chi connectivity index (χ3n) is 4.57. The molecule has 1 aromatic carbocycles. The molecule has 92 valence electrons. The standard InChI is InChI=1S/C16H23N/c1-12(2)10-17-11-14-9-16(14)8-7-13-5-3-4-6-15(13)16/h3-6,12,14,17H,7-11H2,1-2H3. The largest absolute Gasteiger partial charge is 0.316 e. The van der Waals surface area contributed by atoms with Crippen LogP contribution in [0.5, 0.6) is 0 Å². The zero-order chi connectivity index (χ0) is 11.9. The van der Waals surface area contributed by atoms with E-state index < -0.39 is 0 Å². The van der Waals surface area contributed by atoms with Gasteiger partial charge in [0.15, 0.2) is 0 Å². The predicted molar refractivity (Wildman–Crippen MR) is 72.3 cm³/mol. The molecule has 0 amide bonds. The Morgan fingerprint density at radius 3 is 3.00 bits per heavy atom. The van der Waals surface area contributed by atoms with E-state index in [1.54, 1.807) is 11.1 Å². The fourth-order valence-corrected chi connectivity index (χ4v) is 3.55. The van der Waals surface area contributed by atoms with Gasteiger partial charge in [0.1, 0.15) is 0 Å². The number of fused-ring (bicyclic) bond motifs is 2. The van der Waals surface area contributed by atoms with Crippen LogP contribution in [0.4, 0.5) is 0 Å². The molecular formula is C16H23N. The normalized spacial score (nSPS) is 29.9. The summed E-state index contributed by atoms with van der Waals surface area (Å²) in [6.07, 6.45) is 4.10. The molecule has 0 radical (unpaired) electrons. The molecule has 2 unspecified atom stereocenters. The van der Waals surface area contributed by atoms with E-state index in [4.69, 9.17) is 0 Å². The summed E-state index contributed by atoms with van der Waals surface area (Å²) in [5, 5.41) is 3.63. The second-order valence-corrected chi connectivity index (χ2v) is 6.27. The molecule has 1 N–H and O–H groups in total. The Kier molecular flexibility index (Phi) is 2.74. The van der Waals surface area contributed by atoms with Crippen LogP contribution in [0.2, 0.25) is 0 Å². The minimum atomic E-state index is 0.570. The van der Waals surface area contributed by atoms with E-state index in [2.05, 4.69) is 43.4 Å². The molecule has 1 spiro atoms. The van der Waals surface area contributed by atoms with Crippen molar-refractivity contribution >= 4 is 0 Å². The van der Waals surface area contributed by atoms with Crippen molar-refractivity contribution in [1.29, 1.82) is 0 Å². The molecule has 0 aromatic heterocycles. The van der Waals surface area contributed by atoms with Gasteiger partial charge in [-0.2, -0.15) is 0 Å². The minimum absolute atomic E-state index is 0.570. The summed E-state index contributed by atoms with van der Waals surface area (Å²) in [4.78, 5) is 0. The molecule has 0 aliphatic heterocycles. The zero-order valence-electron chi connectivity index (χ0n) is 11.0. The van der Waals surface area contributed by atoms with Crippen LogP contribution in [0, 0.1) is 11.8 Å². The average molecular weight is 229 g/mol. The minimum Gasteiger partial charge on any atom is -0.316 e. The Morgan fingerprint density at radius 1 is 1.35 bits per heavy atom. The van der Waals surface area contributed by atoms with E-state index in [9.17, 15) is 0 Å². The highest BCUT2D eigenvalue weighted by Gasteiger charge is 2.57. The van der Waals surface area contributed by atoms with Crippen molar-refractivity contribution in [3.05, 3.63) is 35.4 Å². The summed E-state index contributed by atoms with van der Waals surface area (Å²) >= 11 is 0. The first-order chi connectivity index (χ1) is 8.22. The topological polar surface area (TPSA) is 12.0 Å². The van der Waals surface area contributed by atoms with Gasteiger partial charge in [0.25, 0.3) is 0 Å². The van der Waals surface area contributed by atoms with Crippen molar-refractivity contribution in [3.8, 4) is 0 Å². The number of nitrogens with one attached hydrogen (secondary N) is 1. The molecule has 1 saturated carbocycles. The predicted octanol–water partition coefficient (Wildman–Crippen LogP) is 3.14. The molecule has 1 fully saturated rings. The van der Waals surface area contributed by atoms with E-state index in [1.807, 2.05) is 0 Å². The smallest absolute Gasteiger partial charge is 0.000296 e. The summed E-state index contributed by atoms with van der Waals surface area (Å²) in [5.41, 5.74) is 3.84. The van der Waals surface area contributed by atoms with Gasteiger partial charge in [0.2, 0.25) is 0 Å². The van der Waals surface area contributed by atoms with Gasteiger partial charge < -0.3 is 5.32 Å². The van der Waals surface area contributed by atoms with Crippen LogP contribution in [-0.4, -0.2) is 13.1 Å². The van der Waals surface area contributed by atoms with Crippen LogP contribution in [0.15, 0.2) is 24.3 Å². The lowest BCUT2D eigenvalue weighted by Crippen LogP contribution is -2.24. The van der Waals surface area contributed by atoms with Crippen LogP contribution < -0.4 is 5.32 Å². The summed E-state index contributed by atoms with van der Waals surface area (Å²) in [7, 11) is 0. The zero-order valence-corrected chi connectivity index (χ0v) is 11.0. The van der Waals surface area contributed by atoms with Crippen LogP contribution in [0.1, 0.15) is 37.8 Å². The molecule has 0 bridgehead atoms. The monoisotopic (exact) mass is 229 g/mol. The highest BCUT2D eigenvalue weighted by molar-refractivity contribution is 5.45. The fourth-order valence-electron chi connectivity index (χ4n) is 3.55. The summed E-state index contributed by atoms with van der Waals surface area (Å²) in [6.45, 7) is 6.93. The molecule has 2 aliphatic rings. The maximum atomic E-state index is 3.63. The Balaban J connectivity index is 1.64. The van der Waals surface area contributed by atoms with Crippen molar-refractivity contribution in [2.75, 3.05) is 13.1 Å². The summed E-state index contributed by atoms with van der Waals surface area (Å²) < 4.78 is 0. The number of hydrogen-bond acceptors (Lipinski definition) is 1. The molecule has 1 heteroatoms. The number of benzene rings is 1. The number of rotatable bonds is 4. The SMILES string of the molecule is CC(C)CNCC1CC12CCc1ccccc12. The van der Waals surface area contributed by atoms with Crippen LogP contribution in [0.25, 0.3) is 0 Å². The first-order valence-corrected chi connectivity index (χ1v) is 7.01. The van der Waals surface area contributed by atoms with Gasteiger partial charge in [0.05, 0.1) is 0 Å². The van der Waals surface area contributed by atoms with Crippen molar-refractivity contribution < 1.29 is 0 Å². The quantitative estimate of drug-likeness (QED) is 0.836. The average Bonchev–Trinajstić information content (AvgIpc) is 2.88. The highest BCUT2D eigenvalue weighted by atomic mass is 14.9. The van der Waals surface area contributed by atoms with Crippen LogP contribution in [0.3, 0.4) is 0 Å². The van der Waals surface area contributed by atoms with Crippen molar-refractivity contribution in [2.45, 2.75) is 38.5 Å². The van der Waals surface area contributed by atoms with Crippen LogP contribution >= 0.6 is 0 Å². The molecule has 1 aromatic rings. The van der Waals surface area contributed by atoms with Gasteiger partial charge in [-0.15, -0.1) is 0 Å². The highest BCUT2D eigenvalue weighted by Crippen LogP contribution is 2.61. The van der Waals surface area contributed by atoms with Gasteiger partial charge in [-0.3, -0.25) is 0 Å². The Labute approximate surface area is 105 Å². The molecule has 17 heavy (non-hydrogen) atoms. The summed E-state index contributed by atoms with van der Waals surface area (Å²) in [5.74, 6) is 1.66. The van der Waals surface area contributed by atoms with Gasteiger partial charge >= 0.3 is 0 Å². The lowest BCUT2D eigenvalue weighted by molar-refractivity contribution is 0.503. The number of hydrogen-bond donors (Lipinski definition) is 1. The van der Waals surface area contributed by atoms with Gasteiger partial charge in [0, 0.05) is 5.41 Å². The first-order valence-electron chi connectivity index (χ1n) is 7.01. The lowest BCUT2D eigenvalue weighted by Gasteiger charge is -2.13. The molecule has 0 saturated heterocycles. The molecular weight excluding hydrogens is 206 g/mol. The van der Waals surface area contributed by atoms with Gasteiger partial charge in [-0.25, -0.2) is 0 Å². The third-order valence-corrected chi connectivity index (χ3v) is 4.57. The first kappa shape index (κ1) is 11.3. The van der Waals surface area contributed by atoms with Gasteiger partial charge in [-0.05, 0) is 55.3 Å². The van der Waals surface area contributed by atoms with Gasteiger partial charge in [-0.1, -0.05) is 38.1 Å². The maximum absolute atomic E-state index is 3.63. The maximum Gasteiger partial charge on any atom is 0.000296 e. The van der Waals surface area contributed by atoms with Crippen molar-refractivity contribution in [1.82, 2.24) is 5.32 Å². The molecule has 0 heterocycles. The molecule has 1 nitrogen and oxygen atoms in total. The van der Waals surface area contributed by atoms with Crippen molar-refractivity contribution in [3.63, 3.8) is 0 Å². The Hall–Kier alpha value is -0.820. The van der Waals surface area contributed by atoms with E-state index >= 15 is 0 Å². The van der Waals surface area contributed by atoms with E-state index in [1.165, 1.54) is 25.8 Å². The molecule has 2 aliphatic carbocycles. The van der Waals surface area contributed by atoms with E-state index in [0.29, 0.717) is 5.41 Å². The van der Waals surface area contributed by atoms with E-state index in [-0.39, 0.29) is 0 Å². The fraction of sp³-hybridized carbons (Fsp3) is 0.625. The second-order valence-electron chi connectivity index (χ2n) is 6.27. The molecule has 2 atom stereocenters. The number of aryl methyl sites for hydroxylation is 1. The Bertz CT molecular complexity index is 410. The third kappa shape index (κ3) is 1.91. The Morgan fingerprint density at radius 2 is 2.18 bits per heavy atom.